The molecule has 0 saturated carbocycles. The van der Waals surface area contributed by atoms with Gasteiger partial charge in [-0.25, -0.2) is 0 Å². The molecule has 0 radical (unpaired) electrons. The van der Waals surface area contributed by atoms with E-state index < -0.39 is 0 Å². The number of Topliss-reactive ketones (excluding diaryl/α,β-unsaturated/α-hetero) is 1. The molecule has 1 fully saturated rings. The molecule has 2 aromatic carbocycles. The number of nitrogens with zero attached hydrogens (tertiary/aromatic N) is 2. The second-order valence-electron chi connectivity index (χ2n) is 9.56. The van der Waals surface area contributed by atoms with E-state index in [-0.39, 0.29) is 11.7 Å². The minimum absolute atomic E-state index is 0.224. The Morgan fingerprint density at radius 3 is 2.59 bits per heavy atom. The molecule has 3 aliphatic heterocycles. The van der Waals surface area contributed by atoms with Gasteiger partial charge in [-0.05, 0) is 92.4 Å². The maximum absolute atomic E-state index is 13.0. The smallest absolute Gasteiger partial charge is 0.227 e. The average molecular weight is 451 g/mol. The van der Waals surface area contributed by atoms with Crippen molar-refractivity contribution in [3.63, 3.8) is 0 Å². The molecule has 3 aliphatic rings. The fraction of sp³-hybridized carbons (Fsp3) is 0.481. The SMILES string of the molecule is Cc1cccc(C2CCN(CCC(=O)c3cc4c5c(c3)CCC(=O)N5CCC4)CC2)c1Cl. The number of ketones is 1. The minimum atomic E-state index is 0.224. The van der Waals surface area contributed by atoms with Gasteiger partial charge >= 0.3 is 0 Å². The topological polar surface area (TPSA) is 40.6 Å². The molecule has 0 aromatic heterocycles. The number of aryl methyl sites for hydroxylation is 3. The average Bonchev–Trinajstić information content (AvgIpc) is 2.82. The Labute approximate surface area is 195 Å². The highest BCUT2D eigenvalue weighted by atomic mass is 35.5. The maximum atomic E-state index is 13.0. The van der Waals surface area contributed by atoms with Gasteiger partial charge in [0.1, 0.15) is 0 Å². The predicted molar refractivity (Wildman–Crippen MR) is 129 cm³/mol. The number of benzene rings is 2. The number of anilines is 1. The minimum Gasteiger partial charge on any atom is -0.312 e. The predicted octanol–water partition coefficient (Wildman–Crippen LogP) is 5.33. The van der Waals surface area contributed by atoms with Gasteiger partial charge in [-0.15, -0.1) is 0 Å². The van der Waals surface area contributed by atoms with E-state index in [0.29, 0.717) is 18.8 Å². The number of hydrogen-bond donors (Lipinski definition) is 0. The van der Waals surface area contributed by atoms with E-state index in [1.54, 1.807) is 0 Å². The van der Waals surface area contributed by atoms with E-state index >= 15 is 0 Å². The number of piperidine rings is 1. The third kappa shape index (κ3) is 4.11. The Bertz CT molecular complexity index is 1040. The highest BCUT2D eigenvalue weighted by Crippen LogP contribution is 2.37. The van der Waals surface area contributed by atoms with Crippen LogP contribution in [-0.2, 0) is 17.6 Å². The summed E-state index contributed by atoms with van der Waals surface area (Å²) in [6.07, 6.45) is 5.99. The molecule has 32 heavy (non-hydrogen) atoms. The first-order valence-corrected chi connectivity index (χ1v) is 12.4. The molecule has 0 spiro atoms. The normalized spacial score (nSPS) is 19.2. The van der Waals surface area contributed by atoms with E-state index in [4.69, 9.17) is 11.6 Å². The Kier molecular flexibility index (Phi) is 6.09. The number of likely N-dealkylation sites (tertiary alicyclic amines) is 1. The molecule has 0 bridgehead atoms. The number of amides is 1. The van der Waals surface area contributed by atoms with Crippen LogP contribution in [0.2, 0.25) is 5.02 Å². The van der Waals surface area contributed by atoms with Crippen molar-refractivity contribution in [3.05, 3.63) is 63.2 Å². The van der Waals surface area contributed by atoms with Crippen LogP contribution in [0.5, 0.6) is 0 Å². The molecule has 168 valence electrons. The first-order chi connectivity index (χ1) is 15.5. The molecule has 2 aromatic rings. The summed E-state index contributed by atoms with van der Waals surface area (Å²) in [5.74, 6) is 0.962. The van der Waals surface area contributed by atoms with Crippen molar-refractivity contribution in [1.82, 2.24) is 4.90 Å². The third-order valence-corrected chi connectivity index (χ3v) is 8.02. The van der Waals surface area contributed by atoms with Crippen LogP contribution in [0.3, 0.4) is 0 Å². The van der Waals surface area contributed by atoms with Crippen LogP contribution in [0.1, 0.15) is 70.6 Å². The second-order valence-corrected chi connectivity index (χ2v) is 9.94. The molecule has 5 rings (SSSR count). The van der Waals surface area contributed by atoms with Crippen LogP contribution in [0.4, 0.5) is 5.69 Å². The molecular weight excluding hydrogens is 420 g/mol. The number of rotatable bonds is 5. The van der Waals surface area contributed by atoms with Gasteiger partial charge in [0.25, 0.3) is 0 Å². The van der Waals surface area contributed by atoms with Crippen molar-refractivity contribution in [2.75, 3.05) is 31.1 Å². The van der Waals surface area contributed by atoms with E-state index in [1.165, 1.54) is 16.7 Å². The standard InChI is InChI=1S/C27H31ClN2O2/c1-18-4-2-6-23(26(18)28)19-9-13-29(14-10-19)15-11-24(31)22-16-20-5-3-12-30-25(32)8-7-21(17-22)27(20)30/h2,4,6,16-17,19H,3,5,7-15H2,1H3. The number of carbonyl (C=O) groups is 2. The van der Waals surface area contributed by atoms with Gasteiger partial charge in [0, 0.05) is 36.5 Å². The summed E-state index contributed by atoms with van der Waals surface area (Å²) in [7, 11) is 0. The number of carbonyl (C=O) groups excluding carboxylic acids is 2. The largest absolute Gasteiger partial charge is 0.312 e. The fourth-order valence-electron chi connectivity index (χ4n) is 5.67. The maximum Gasteiger partial charge on any atom is 0.227 e. The lowest BCUT2D eigenvalue weighted by atomic mass is 9.88. The van der Waals surface area contributed by atoms with Crippen LogP contribution in [0.15, 0.2) is 30.3 Å². The van der Waals surface area contributed by atoms with E-state index in [2.05, 4.69) is 42.2 Å². The Hall–Kier alpha value is -2.17. The number of halogens is 1. The molecule has 0 aliphatic carbocycles. The first-order valence-electron chi connectivity index (χ1n) is 12.0. The summed E-state index contributed by atoms with van der Waals surface area (Å²) in [5.41, 5.74) is 6.71. The molecule has 0 N–H and O–H groups in total. The zero-order valence-corrected chi connectivity index (χ0v) is 19.6. The van der Waals surface area contributed by atoms with Gasteiger partial charge in [-0.1, -0.05) is 29.8 Å². The summed E-state index contributed by atoms with van der Waals surface area (Å²) in [4.78, 5) is 29.7. The monoisotopic (exact) mass is 450 g/mol. The van der Waals surface area contributed by atoms with Gasteiger partial charge in [-0.3, -0.25) is 9.59 Å². The highest BCUT2D eigenvalue weighted by molar-refractivity contribution is 6.32. The van der Waals surface area contributed by atoms with Gasteiger partial charge in [0.2, 0.25) is 5.91 Å². The number of hydrogen-bond acceptors (Lipinski definition) is 3. The summed E-state index contributed by atoms with van der Waals surface area (Å²) in [6.45, 7) is 5.71. The summed E-state index contributed by atoms with van der Waals surface area (Å²) in [6, 6.07) is 10.4. The van der Waals surface area contributed by atoms with Crippen molar-refractivity contribution < 1.29 is 9.59 Å². The van der Waals surface area contributed by atoms with Crippen LogP contribution in [0.25, 0.3) is 0 Å². The molecule has 0 unspecified atom stereocenters. The van der Waals surface area contributed by atoms with Crippen molar-refractivity contribution in [1.29, 1.82) is 0 Å². The summed E-state index contributed by atoms with van der Waals surface area (Å²) in [5, 5.41) is 0.915. The van der Waals surface area contributed by atoms with E-state index in [9.17, 15) is 9.59 Å². The third-order valence-electron chi connectivity index (χ3n) is 7.50. The lowest BCUT2D eigenvalue weighted by molar-refractivity contribution is -0.119. The highest BCUT2D eigenvalue weighted by Gasteiger charge is 2.30. The Balaban J connectivity index is 1.20. The Morgan fingerprint density at radius 2 is 1.81 bits per heavy atom. The van der Waals surface area contributed by atoms with Crippen LogP contribution < -0.4 is 4.90 Å². The van der Waals surface area contributed by atoms with Crippen LogP contribution in [-0.4, -0.2) is 42.8 Å². The van der Waals surface area contributed by atoms with E-state index in [0.717, 1.165) is 80.1 Å². The van der Waals surface area contributed by atoms with Crippen molar-refractivity contribution in [2.45, 2.75) is 57.8 Å². The lowest BCUT2D eigenvalue weighted by Crippen LogP contribution is -2.39. The zero-order chi connectivity index (χ0) is 22.2. The molecule has 3 heterocycles. The van der Waals surface area contributed by atoms with Crippen molar-refractivity contribution in [3.8, 4) is 0 Å². The zero-order valence-electron chi connectivity index (χ0n) is 18.8. The van der Waals surface area contributed by atoms with Crippen LogP contribution >= 0.6 is 11.6 Å². The summed E-state index contributed by atoms with van der Waals surface area (Å²) >= 11 is 6.55. The van der Waals surface area contributed by atoms with Gasteiger partial charge < -0.3 is 9.80 Å². The molecule has 1 saturated heterocycles. The van der Waals surface area contributed by atoms with Crippen LogP contribution in [0, 0.1) is 6.92 Å². The quantitative estimate of drug-likeness (QED) is 0.578. The van der Waals surface area contributed by atoms with Crippen molar-refractivity contribution in [2.24, 2.45) is 0 Å². The molecule has 0 atom stereocenters. The lowest BCUT2D eigenvalue weighted by Gasteiger charge is -2.35. The summed E-state index contributed by atoms with van der Waals surface area (Å²) < 4.78 is 0. The van der Waals surface area contributed by atoms with Crippen molar-refractivity contribution >= 4 is 29.0 Å². The molecule has 5 heteroatoms. The second kappa shape index (κ2) is 8.99. The Morgan fingerprint density at radius 1 is 1.06 bits per heavy atom. The fourth-order valence-corrected chi connectivity index (χ4v) is 5.95. The van der Waals surface area contributed by atoms with Gasteiger partial charge in [0.05, 0.1) is 5.69 Å². The van der Waals surface area contributed by atoms with Gasteiger partial charge in [0.15, 0.2) is 5.78 Å². The first kappa shape index (κ1) is 21.7. The molecule has 1 amide bonds. The molecule has 4 nitrogen and oxygen atoms in total. The van der Waals surface area contributed by atoms with E-state index in [1.807, 2.05) is 4.90 Å². The van der Waals surface area contributed by atoms with Gasteiger partial charge in [-0.2, -0.15) is 0 Å². The molecular formula is C27H31ClN2O2.